The molecule has 12 aromatic carbocycles. The van der Waals surface area contributed by atoms with Gasteiger partial charge in [0, 0.05) is 57.3 Å². The van der Waals surface area contributed by atoms with E-state index in [1.807, 2.05) is 161 Å². The predicted octanol–water partition coefficient (Wildman–Crippen LogP) is 24.2. The molecule has 14 rings (SSSR count). The first-order valence-electron chi connectivity index (χ1n) is 44.7. The normalized spacial score (nSPS) is 14.0. The van der Waals surface area contributed by atoms with Crippen molar-refractivity contribution in [2.75, 3.05) is 70.1 Å². The average Bonchev–Trinajstić information content (AvgIpc) is 0.805. The van der Waals surface area contributed by atoms with Crippen molar-refractivity contribution in [3.05, 3.63) is 310 Å². The Hall–Kier alpha value is -14.2. The van der Waals surface area contributed by atoms with Gasteiger partial charge in [0.15, 0.2) is 12.6 Å². The van der Waals surface area contributed by atoms with E-state index in [1.54, 1.807) is 87.0 Å². The third-order valence-corrected chi connectivity index (χ3v) is 23.0. The van der Waals surface area contributed by atoms with E-state index in [1.165, 1.54) is 79.1 Å². The lowest BCUT2D eigenvalue weighted by atomic mass is 9.98. The van der Waals surface area contributed by atoms with Gasteiger partial charge in [0.2, 0.25) is 0 Å². The van der Waals surface area contributed by atoms with Crippen molar-refractivity contribution in [3.8, 4) is 114 Å². The summed E-state index contributed by atoms with van der Waals surface area (Å²) in [6.07, 6.45) is 5.99. The maximum Gasteiger partial charge on any atom is 0.306 e. The zero-order valence-corrected chi connectivity index (χ0v) is 78.4. The molecule has 2 saturated heterocycles. The highest BCUT2D eigenvalue weighted by Crippen LogP contribution is 2.42. The Morgan fingerprint density at radius 2 is 0.559 bits per heavy atom. The van der Waals surface area contributed by atoms with Crippen LogP contribution in [0.5, 0.6) is 69.0 Å². The van der Waals surface area contributed by atoms with Gasteiger partial charge in [-0.15, -0.1) is 0 Å². The lowest BCUT2D eigenvalue weighted by Gasteiger charge is -2.25. The second-order valence-corrected chi connectivity index (χ2v) is 32.7. The maximum atomic E-state index is 14.8. The summed E-state index contributed by atoms with van der Waals surface area (Å²) in [5.41, 5.74) is 10.4. The highest BCUT2D eigenvalue weighted by molar-refractivity contribution is 5.77. The van der Waals surface area contributed by atoms with Crippen LogP contribution in [0.3, 0.4) is 0 Å². The minimum absolute atomic E-state index is 0.00270. The van der Waals surface area contributed by atoms with Crippen LogP contribution in [-0.4, -0.2) is 117 Å². The molecule has 0 aliphatic carbocycles. The summed E-state index contributed by atoms with van der Waals surface area (Å²) in [4.78, 5) is 46.3. The SMILES string of the molecule is COC(=O)C[C@@H](C)c1cccc(OCc2ccc(-c3cc(OC)ccc3F)c(O)c2)c1.COC(=O)C[C@@H](C)c1cccc(OCc2ccc(-c3cc(OC)ccc3F)c(OC3CCCCO3)c2)c1.COC(=O)C[C@H](C)c1cccc(OCc2ccc(-c3cc(OC)ccc3F)c(O)c2)c1.COC(=O)C[C@H](C)c1cccc(OCc2ccc(-c3cc(OC)ccc3F)c(OC3CCCCO3)c2)c1. The van der Waals surface area contributed by atoms with Gasteiger partial charge in [-0.2, -0.15) is 0 Å². The molecule has 136 heavy (non-hydrogen) atoms. The molecule has 2 heterocycles. The molecule has 2 aliphatic heterocycles. The second kappa shape index (κ2) is 51.3. The molecule has 0 aromatic heterocycles. The van der Waals surface area contributed by atoms with Crippen molar-refractivity contribution in [1.82, 2.24) is 0 Å². The summed E-state index contributed by atoms with van der Waals surface area (Å²) in [7, 11) is 11.6. The summed E-state index contributed by atoms with van der Waals surface area (Å²) in [6, 6.07) is 69.6. The molecule has 2 N–H and O–H groups in total. The molecule has 12 aromatic rings. The number of carbonyl (C=O) groups excluding carboxylic acids is 4. The monoisotopic (exact) mass is 1860 g/mol. The van der Waals surface area contributed by atoms with E-state index in [0.717, 1.165) is 83.0 Å². The van der Waals surface area contributed by atoms with E-state index in [4.69, 9.17) is 75.8 Å². The molecule has 0 bridgehead atoms. The van der Waals surface area contributed by atoms with E-state index in [9.17, 15) is 47.0 Å². The van der Waals surface area contributed by atoms with E-state index >= 15 is 0 Å². The zero-order valence-electron chi connectivity index (χ0n) is 78.4. The Kier molecular flexibility index (Phi) is 38.6. The molecule has 2 fully saturated rings. The highest BCUT2D eigenvalue weighted by Gasteiger charge is 2.26. The Bertz CT molecular complexity index is 5610. The van der Waals surface area contributed by atoms with Crippen LogP contribution in [0.15, 0.2) is 243 Å². The number of esters is 4. The van der Waals surface area contributed by atoms with Crippen molar-refractivity contribution in [2.24, 2.45) is 0 Å². The first-order chi connectivity index (χ1) is 65.7. The predicted molar refractivity (Wildman–Crippen MR) is 509 cm³/mol. The van der Waals surface area contributed by atoms with Crippen molar-refractivity contribution in [3.63, 3.8) is 0 Å². The summed E-state index contributed by atoms with van der Waals surface area (Å²) in [5, 5.41) is 20.9. The molecular formula is C110H116F4O22. The van der Waals surface area contributed by atoms with E-state index in [2.05, 4.69) is 0 Å². The molecule has 22 nitrogen and oxygen atoms in total. The Morgan fingerprint density at radius 1 is 0.301 bits per heavy atom. The van der Waals surface area contributed by atoms with Gasteiger partial charge in [-0.3, -0.25) is 19.2 Å². The average molecular weight is 1870 g/mol. The van der Waals surface area contributed by atoms with E-state index < -0.39 is 11.6 Å². The number of halogens is 4. The first kappa shape index (κ1) is 102. The van der Waals surface area contributed by atoms with Crippen LogP contribution in [0.4, 0.5) is 17.6 Å². The fraction of sp³-hybridized carbons (Fsp3) is 0.309. The van der Waals surface area contributed by atoms with Gasteiger partial charge >= 0.3 is 23.9 Å². The second-order valence-electron chi connectivity index (χ2n) is 32.7. The number of phenols is 2. The van der Waals surface area contributed by atoms with Crippen LogP contribution in [0.25, 0.3) is 44.5 Å². The first-order valence-corrected chi connectivity index (χ1v) is 44.7. The molecule has 716 valence electrons. The fourth-order valence-corrected chi connectivity index (χ4v) is 15.1. The fourth-order valence-electron chi connectivity index (χ4n) is 15.1. The topological polar surface area (TPSA) is 256 Å². The van der Waals surface area contributed by atoms with Crippen LogP contribution in [-0.2, 0) is 74.0 Å². The molecule has 0 spiro atoms. The number of aromatic hydroxyl groups is 2. The van der Waals surface area contributed by atoms with Crippen molar-refractivity contribution in [2.45, 2.75) is 155 Å². The van der Waals surface area contributed by atoms with Gasteiger partial charge < -0.3 is 86.0 Å². The maximum absolute atomic E-state index is 14.8. The summed E-state index contributed by atoms with van der Waals surface area (Å²) in [5.74, 6) is 3.13. The van der Waals surface area contributed by atoms with Crippen molar-refractivity contribution < 1.29 is 123 Å². The molecular weight excluding hydrogens is 1750 g/mol. The van der Waals surface area contributed by atoms with Gasteiger partial charge in [-0.25, -0.2) is 17.6 Å². The number of rotatable bonds is 36. The molecule has 0 amide bonds. The van der Waals surface area contributed by atoms with E-state index in [0.29, 0.717) is 117 Å². The van der Waals surface area contributed by atoms with Crippen molar-refractivity contribution >= 4 is 23.9 Å². The van der Waals surface area contributed by atoms with Crippen LogP contribution < -0.4 is 47.4 Å². The van der Waals surface area contributed by atoms with Crippen LogP contribution in [0, 0.1) is 23.3 Å². The minimum atomic E-state index is -0.446. The smallest absolute Gasteiger partial charge is 0.306 e. The Labute approximate surface area is 791 Å². The quantitative estimate of drug-likeness (QED) is 0.0210. The largest absolute Gasteiger partial charge is 0.507 e. The lowest BCUT2D eigenvalue weighted by molar-refractivity contribution is -0.141. The van der Waals surface area contributed by atoms with Gasteiger partial charge in [0.1, 0.15) is 119 Å². The summed E-state index contributed by atoms with van der Waals surface area (Å²) in [6.45, 7) is 10.2. The minimum Gasteiger partial charge on any atom is -0.507 e. The molecule has 0 radical (unpaired) electrons. The summed E-state index contributed by atoms with van der Waals surface area (Å²) < 4.78 is 146. The standard InChI is InChI=1S/2C30H33FO6.2C25H25FO5/c2*1-20(15-29(32)34-3)22-7-6-8-24(17-22)36-19-21-10-12-25(26-18-23(33-2)11-13-27(26)31)28(16-21)37-30-9-4-5-14-35-30;2*1-16(11-25(28)30-3)18-5-4-6-20(13-18)31-15-17-7-9-21(24(27)12-17)22-14-19(29-2)8-10-23(22)26/h2*6-8,10-13,16-18,20,30H,4-5,9,14-15,19H2,1-3H3;2*4-10,12-14,16,27H,11,15H2,1-3H3/t2*20-,30?;2*16-/m1010/s1. The summed E-state index contributed by atoms with van der Waals surface area (Å²) >= 11 is 0. The van der Waals surface area contributed by atoms with E-state index in [-0.39, 0.29) is 134 Å². The van der Waals surface area contributed by atoms with Gasteiger partial charge in [0.05, 0.1) is 95.8 Å². The molecule has 26 heteroatoms. The molecule has 2 unspecified atom stereocenters. The number of benzene rings is 12. The number of phenolic OH excluding ortho intramolecular Hbond substituents is 2. The molecule has 2 aliphatic rings. The number of hydrogen-bond acceptors (Lipinski definition) is 22. The molecule has 0 saturated carbocycles. The van der Waals surface area contributed by atoms with Gasteiger partial charge in [0.25, 0.3) is 0 Å². The van der Waals surface area contributed by atoms with Crippen LogP contribution in [0.2, 0.25) is 0 Å². The number of hydrogen-bond donors (Lipinski definition) is 2. The third-order valence-electron chi connectivity index (χ3n) is 23.0. The number of ether oxygens (including phenoxy) is 16. The Balaban J connectivity index is 0.000000175. The van der Waals surface area contributed by atoms with Gasteiger partial charge in [-0.05, 0) is 239 Å². The van der Waals surface area contributed by atoms with Crippen LogP contribution >= 0.6 is 0 Å². The van der Waals surface area contributed by atoms with Crippen molar-refractivity contribution in [1.29, 1.82) is 0 Å². The molecule has 6 atom stereocenters. The third kappa shape index (κ3) is 29.9. The number of methoxy groups -OCH3 is 8. The lowest BCUT2D eigenvalue weighted by Crippen LogP contribution is -2.25. The van der Waals surface area contributed by atoms with Gasteiger partial charge in [-0.1, -0.05) is 125 Å². The Morgan fingerprint density at radius 3 is 0.801 bits per heavy atom. The number of carbonyl (C=O) groups is 4. The van der Waals surface area contributed by atoms with Crippen LogP contribution in [0.1, 0.15) is 160 Å². The highest BCUT2D eigenvalue weighted by atomic mass is 19.1. The zero-order chi connectivity index (χ0) is 97.2.